The molecule has 1 aliphatic rings. The molecular weight excluding hydrogens is 446 g/mol. The minimum Gasteiger partial charge on any atom is -0.454 e. The summed E-state index contributed by atoms with van der Waals surface area (Å²) in [6.45, 7) is 6.09. The summed E-state index contributed by atoms with van der Waals surface area (Å²) in [5, 5.41) is 12.8. The number of aryl methyl sites for hydroxylation is 3. The van der Waals surface area contributed by atoms with Crippen LogP contribution in [0.4, 0.5) is 5.82 Å². The Balaban J connectivity index is 1.39. The summed E-state index contributed by atoms with van der Waals surface area (Å²) in [4.78, 5) is 22.0. The van der Waals surface area contributed by atoms with E-state index in [0.717, 1.165) is 16.9 Å². The molecular formula is C25H21N7O3. The minimum atomic E-state index is -0.305. The molecule has 0 spiro atoms. The molecule has 10 nitrogen and oxygen atoms in total. The Morgan fingerprint density at radius 1 is 0.971 bits per heavy atom. The van der Waals surface area contributed by atoms with E-state index in [0.29, 0.717) is 39.7 Å². The summed E-state index contributed by atoms with van der Waals surface area (Å²) < 4.78 is 14.1. The molecule has 35 heavy (non-hydrogen) atoms. The number of nitrogens with one attached hydrogen (secondary N) is 1. The molecule has 0 fully saturated rings. The zero-order valence-corrected chi connectivity index (χ0v) is 19.3. The van der Waals surface area contributed by atoms with E-state index in [-0.39, 0.29) is 12.7 Å². The average Bonchev–Trinajstić information content (AvgIpc) is 3.56. The van der Waals surface area contributed by atoms with Crippen LogP contribution in [0.5, 0.6) is 11.5 Å². The van der Waals surface area contributed by atoms with Gasteiger partial charge in [0.2, 0.25) is 6.79 Å². The predicted molar refractivity (Wildman–Crippen MR) is 129 cm³/mol. The van der Waals surface area contributed by atoms with Crippen LogP contribution in [-0.4, -0.2) is 42.2 Å². The van der Waals surface area contributed by atoms with E-state index in [1.165, 1.54) is 11.9 Å². The molecule has 0 aliphatic carbocycles. The Kier molecular flexibility index (Phi) is 4.73. The van der Waals surface area contributed by atoms with E-state index in [1.807, 2.05) is 26.0 Å². The van der Waals surface area contributed by atoms with Crippen LogP contribution in [0.15, 0.2) is 55.0 Å². The number of carbonyl (C=O) groups excluding carboxylic acids is 1. The number of hydrogen-bond acceptors (Lipinski definition) is 7. The highest BCUT2D eigenvalue weighted by Gasteiger charge is 2.20. The van der Waals surface area contributed by atoms with Gasteiger partial charge in [0.05, 0.1) is 23.0 Å². The molecule has 5 aromatic rings. The number of anilines is 1. The molecule has 0 atom stereocenters. The zero-order chi connectivity index (χ0) is 24.1. The number of nitrogens with zero attached hydrogens (tertiary/aromatic N) is 6. The maximum absolute atomic E-state index is 13.0. The Hall–Kier alpha value is -4.73. The lowest BCUT2D eigenvalue weighted by molar-refractivity contribution is 0.102. The molecule has 0 unspecified atom stereocenters. The molecule has 0 saturated carbocycles. The van der Waals surface area contributed by atoms with Crippen LogP contribution in [0.25, 0.3) is 22.5 Å². The minimum absolute atomic E-state index is 0.145. The Morgan fingerprint density at radius 3 is 2.69 bits per heavy atom. The summed E-state index contributed by atoms with van der Waals surface area (Å²) in [7, 11) is 0. The standard InChI is InChI=1S/C25H21N7O3/c1-14-4-6-19(15(2)8-14)31-23-18(11-28-31)24(27-12-26-23)32-22(9-16(3)30-32)29-25(33)17-5-7-20-21(10-17)35-13-34-20/h4-12H,13H2,1-3H3,(H,29,33). The van der Waals surface area contributed by atoms with Crippen molar-refractivity contribution in [2.45, 2.75) is 20.8 Å². The molecule has 1 amide bonds. The third-order valence-corrected chi connectivity index (χ3v) is 5.83. The van der Waals surface area contributed by atoms with Crippen molar-refractivity contribution in [3.8, 4) is 23.0 Å². The molecule has 0 saturated heterocycles. The van der Waals surface area contributed by atoms with Gasteiger partial charge >= 0.3 is 0 Å². The number of ether oxygens (including phenoxy) is 2. The Labute approximate surface area is 200 Å². The molecule has 10 heteroatoms. The third-order valence-electron chi connectivity index (χ3n) is 5.83. The summed E-state index contributed by atoms with van der Waals surface area (Å²) in [6.07, 6.45) is 3.18. The number of amides is 1. The van der Waals surface area contributed by atoms with Crippen LogP contribution in [0.3, 0.4) is 0 Å². The lowest BCUT2D eigenvalue weighted by Gasteiger charge is -2.10. The molecule has 1 N–H and O–H groups in total. The van der Waals surface area contributed by atoms with E-state index < -0.39 is 0 Å². The second-order valence-electron chi connectivity index (χ2n) is 8.39. The number of hydrogen-bond donors (Lipinski definition) is 1. The summed E-state index contributed by atoms with van der Waals surface area (Å²) in [5.41, 5.74) is 5.00. The van der Waals surface area contributed by atoms with Gasteiger partial charge in [-0.15, -0.1) is 0 Å². The van der Waals surface area contributed by atoms with Gasteiger partial charge in [0, 0.05) is 11.6 Å². The fourth-order valence-electron chi connectivity index (χ4n) is 4.20. The van der Waals surface area contributed by atoms with Crippen molar-refractivity contribution in [1.82, 2.24) is 29.5 Å². The van der Waals surface area contributed by atoms with Crippen molar-refractivity contribution in [1.29, 1.82) is 0 Å². The van der Waals surface area contributed by atoms with Gasteiger partial charge in [-0.1, -0.05) is 17.7 Å². The predicted octanol–water partition coefficient (Wildman–Crippen LogP) is 3.91. The second-order valence-corrected chi connectivity index (χ2v) is 8.39. The van der Waals surface area contributed by atoms with Crippen molar-refractivity contribution >= 4 is 22.8 Å². The largest absolute Gasteiger partial charge is 0.454 e. The maximum atomic E-state index is 13.0. The van der Waals surface area contributed by atoms with Crippen molar-refractivity contribution < 1.29 is 14.3 Å². The number of rotatable bonds is 4. The molecule has 3 aromatic heterocycles. The van der Waals surface area contributed by atoms with E-state index >= 15 is 0 Å². The fourth-order valence-corrected chi connectivity index (χ4v) is 4.20. The molecule has 6 rings (SSSR count). The monoisotopic (exact) mass is 467 g/mol. The lowest BCUT2D eigenvalue weighted by Crippen LogP contribution is -2.15. The van der Waals surface area contributed by atoms with Crippen LogP contribution in [0.1, 0.15) is 27.2 Å². The normalized spacial score (nSPS) is 12.3. The highest BCUT2D eigenvalue weighted by Crippen LogP contribution is 2.33. The first-order chi connectivity index (χ1) is 17.0. The molecule has 1 aliphatic heterocycles. The van der Waals surface area contributed by atoms with Crippen LogP contribution >= 0.6 is 0 Å². The molecule has 0 bridgehead atoms. The highest BCUT2D eigenvalue weighted by atomic mass is 16.7. The lowest BCUT2D eigenvalue weighted by atomic mass is 10.1. The first-order valence-corrected chi connectivity index (χ1v) is 11.0. The average molecular weight is 467 g/mol. The van der Waals surface area contributed by atoms with Gasteiger partial charge in [-0.05, 0) is 50.6 Å². The highest BCUT2D eigenvalue weighted by molar-refractivity contribution is 6.04. The van der Waals surface area contributed by atoms with Gasteiger partial charge in [0.25, 0.3) is 5.91 Å². The first-order valence-electron chi connectivity index (χ1n) is 11.0. The zero-order valence-electron chi connectivity index (χ0n) is 19.3. The third kappa shape index (κ3) is 3.55. The molecule has 4 heterocycles. The topological polar surface area (TPSA) is 109 Å². The van der Waals surface area contributed by atoms with Crippen molar-refractivity contribution in [2.24, 2.45) is 0 Å². The smallest absolute Gasteiger partial charge is 0.256 e. The van der Waals surface area contributed by atoms with Gasteiger partial charge in [-0.2, -0.15) is 14.9 Å². The van der Waals surface area contributed by atoms with Crippen LogP contribution in [0.2, 0.25) is 0 Å². The summed E-state index contributed by atoms with van der Waals surface area (Å²) in [6, 6.07) is 13.0. The SMILES string of the molecule is Cc1ccc(-n2ncc3c(-n4nc(C)cc4NC(=O)c4ccc5c(c4)OCO5)ncnc32)c(C)c1. The maximum Gasteiger partial charge on any atom is 0.256 e. The number of fused-ring (bicyclic) bond motifs is 2. The van der Waals surface area contributed by atoms with E-state index in [2.05, 4.69) is 38.5 Å². The van der Waals surface area contributed by atoms with Crippen molar-refractivity contribution in [3.63, 3.8) is 0 Å². The van der Waals surface area contributed by atoms with Crippen LogP contribution < -0.4 is 14.8 Å². The summed E-state index contributed by atoms with van der Waals surface area (Å²) >= 11 is 0. The van der Waals surface area contributed by atoms with Crippen LogP contribution in [-0.2, 0) is 0 Å². The van der Waals surface area contributed by atoms with Gasteiger partial charge in [-0.3, -0.25) is 4.79 Å². The molecule has 2 aromatic carbocycles. The van der Waals surface area contributed by atoms with E-state index in [9.17, 15) is 4.79 Å². The Bertz CT molecular complexity index is 1620. The van der Waals surface area contributed by atoms with Gasteiger partial charge < -0.3 is 14.8 Å². The van der Waals surface area contributed by atoms with Gasteiger partial charge in [-0.25, -0.2) is 14.6 Å². The van der Waals surface area contributed by atoms with Crippen molar-refractivity contribution in [3.05, 3.63) is 77.4 Å². The van der Waals surface area contributed by atoms with Crippen LogP contribution in [0, 0.1) is 20.8 Å². The number of carbonyl (C=O) groups is 1. The Morgan fingerprint density at radius 2 is 1.83 bits per heavy atom. The van der Waals surface area contributed by atoms with E-state index in [1.54, 1.807) is 39.8 Å². The van der Waals surface area contributed by atoms with Gasteiger partial charge in [0.15, 0.2) is 23.0 Å². The quantitative estimate of drug-likeness (QED) is 0.427. The number of aromatic nitrogens is 6. The fraction of sp³-hybridized carbons (Fsp3) is 0.160. The van der Waals surface area contributed by atoms with Gasteiger partial charge in [0.1, 0.15) is 12.1 Å². The second kappa shape index (κ2) is 7.94. The van der Waals surface area contributed by atoms with E-state index in [4.69, 9.17) is 9.47 Å². The van der Waals surface area contributed by atoms with Crippen molar-refractivity contribution in [2.75, 3.05) is 12.1 Å². The molecule has 174 valence electrons. The number of benzene rings is 2. The first kappa shape index (κ1) is 20.8. The summed E-state index contributed by atoms with van der Waals surface area (Å²) in [5.74, 6) is 1.84. The molecule has 0 radical (unpaired) electrons.